The second-order valence-electron chi connectivity index (χ2n) is 4.01. The van der Waals surface area contributed by atoms with Crippen LogP contribution in [0.1, 0.15) is 0 Å². The van der Waals surface area contributed by atoms with Crippen molar-refractivity contribution in [3.05, 3.63) is 20.8 Å². The van der Waals surface area contributed by atoms with Crippen LogP contribution in [0.15, 0.2) is 9.98 Å². The Hall–Kier alpha value is -1.08. The van der Waals surface area contributed by atoms with Gasteiger partial charge in [-0.3, -0.25) is 9.98 Å². The van der Waals surface area contributed by atoms with Gasteiger partial charge in [0.25, 0.3) is 0 Å². The molecule has 0 aromatic heterocycles. The third-order valence-electron chi connectivity index (χ3n) is 2.66. The van der Waals surface area contributed by atoms with Gasteiger partial charge in [-0.05, 0) is 0 Å². The van der Waals surface area contributed by atoms with Crippen LogP contribution in [-0.4, -0.2) is 49.7 Å². The lowest BCUT2D eigenvalue weighted by Crippen LogP contribution is -2.18. The molecule has 0 amide bonds. The number of hydrogen-bond donors (Lipinski definition) is 2. The van der Waals surface area contributed by atoms with E-state index in [9.17, 15) is 10.2 Å². The molecule has 0 aliphatic carbocycles. The van der Waals surface area contributed by atoms with E-state index in [0.29, 0.717) is 26.4 Å². The first-order chi connectivity index (χ1) is 9.63. The SMILES string of the molecule is Oc1c(Cl)c2c(O)c(Cl)c1=NCCOCCOCCN=2. The van der Waals surface area contributed by atoms with Crippen molar-refractivity contribution in [1.82, 2.24) is 0 Å². The number of benzene rings is 1. The monoisotopic (exact) mass is 320 g/mol. The molecule has 2 bridgehead atoms. The summed E-state index contributed by atoms with van der Waals surface area (Å²) in [5.74, 6) is -0.600. The van der Waals surface area contributed by atoms with Crippen LogP contribution >= 0.6 is 23.2 Å². The van der Waals surface area contributed by atoms with Crippen molar-refractivity contribution in [2.45, 2.75) is 0 Å². The highest BCUT2D eigenvalue weighted by Gasteiger charge is 2.15. The summed E-state index contributed by atoms with van der Waals surface area (Å²) in [6.07, 6.45) is 0. The minimum atomic E-state index is -0.300. The number of ether oxygens (including phenoxy) is 2. The third kappa shape index (κ3) is 3.32. The zero-order valence-corrected chi connectivity index (χ0v) is 12.1. The van der Waals surface area contributed by atoms with Crippen LogP contribution in [0.2, 0.25) is 10.0 Å². The van der Waals surface area contributed by atoms with Gasteiger partial charge in [0.1, 0.15) is 20.8 Å². The number of phenols is 2. The third-order valence-corrected chi connectivity index (χ3v) is 3.38. The van der Waals surface area contributed by atoms with Crippen LogP contribution in [0.3, 0.4) is 0 Å². The number of phenolic OH excluding ortho intramolecular Hbond substituents is 2. The number of nitrogens with zero attached hydrogens (tertiary/aromatic N) is 2. The van der Waals surface area contributed by atoms with Crippen molar-refractivity contribution in [2.24, 2.45) is 9.98 Å². The molecular weight excluding hydrogens is 307 g/mol. The van der Waals surface area contributed by atoms with Gasteiger partial charge in [-0.15, -0.1) is 0 Å². The Bertz CT molecular complexity index is 518. The zero-order chi connectivity index (χ0) is 14.5. The maximum absolute atomic E-state index is 10.0. The van der Waals surface area contributed by atoms with E-state index in [2.05, 4.69) is 9.98 Å². The van der Waals surface area contributed by atoms with Gasteiger partial charge in [0, 0.05) is 0 Å². The van der Waals surface area contributed by atoms with Gasteiger partial charge in [0.2, 0.25) is 0 Å². The minimum absolute atomic E-state index is 0.0463. The highest BCUT2D eigenvalue weighted by atomic mass is 35.5. The van der Waals surface area contributed by atoms with Crippen LogP contribution in [0.25, 0.3) is 0 Å². The fraction of sp³-hybridized carbons (Fsp3) is 0.500. The first kappa shape index (κ1) is 15.3. The van der Waals surface area contributed by atoms with E-state index >= 15 is 0 Å². The minimum Gasteiger partial charge on any atom is -0.504 e. The maximum Gasteiger partial charge on any atom is 0.163 e. The lowest BCUT2D eigenvalue weighted by Gasteiger charge is -2.07. The Morgan fingerprint density at radius 1 is 0.750 bits per heavy atom. The average Bonchev–Trinajstić information content (AvgIpc) is 2.44. The molecule has 2 N–H and O–H groups in total. The molecule has 2 heterocycles. The summed E-state index contributed by atoms with van der Waals surface area (Å²) in [6, 6.07) is 0. The second kappa shape index (κ2) is 7.08. The highest BCUT2D eigenvalue weighted by molar-refractivity contribution is 6.35. The summed E-state index contributed by atoms with van der Waals surface area (Å²) in [5, 5.41) is 19.9. The van der Waals surface area contributed by atoms with E-state index in [1.807, 2.05) is 0 Å². The van der Waals surface area contributed by atoms with Gasteiger partial charge in [-0.2, -0.15) is 0 Å². The fourth-order valence-electron chi connectivity index (χ4n) is 1.69. The Morgan fingerprint density at radius 3 is 1.55 bits per heavy atom. The largest absolute Gasteiger partial charge is 0.504 e. The molecule has 110 valence electrons. The van der Waals surface area contributed by atoms with E-state index in [-0.39, 0.29) is 45.3 Å². The van der Waals surface area contributed by atoms with Crippen molar-refractivity contribution in [3.63, 3.8) is 0 Å². The lowest BCUT2D eigenvalue weighted by atomic mass is 10.2. The number of rotatable bonds is 0. The molecule has 0 spiro atoms. The van der Waals surface area contributed by atoms with Crippen molar-refractivity contribution < 1.29 is 19.7 Å². The molecule has 2 aliphatic heterocycles. The molecule has 0 fully saturated rings. The van der Waals surface area contributed by atoms with Gasteiger partial charge in [-0.1, -0.05) is 23.2 Å². The Kier molecular flexibility index (Phi) is 5.42. The van der Waals surface area contributed by atoms with Gasteiger partial charge < -0.3 is 19.7 Å². The summed E-state index contributed by atoms with van der Waals surface area (Å²) < 4.78 is 10.6. The molecule has 20 heavy (non-hydrogen) atoms. The zero-order valence-electron chi connectivity index (χ0n) is 10.6. The summed E-state index contributed by atoms with van der Waals surface area (Å²) in [7, 11) is 0. The molecule has 2 aliphatic rings. The maximum atomic E-state index is 10.0. The molecule has 1 aromatic rings. The van der Waals surface area contributed by atoms with Crippen molar-refractivity contribution in [1.29, 1.82) is 0 Å². The normalized spacial score (nSPS) is 17.1. The van der Waals surface area contributed by atoms with E-state index in [1.165, 1.54) is 0 Å². The first-order valence-corrected chi connectivity index (χ1v) is 6.82. The molecule has 0 saturated heterocycles. The summed E-state index contributed by atoms with van der Waals surface area (Å²) in [6.45, 7) is 2.17. The number of fused-ring (bicyclic) bond motifs is 11. The molecule has 0 saturated carbocycles. The van der Waals surface area contributed by atoms with E-state index in [1.54, 1.807) is 0 Å². The van der Waals surface area contributed by atoms with Gasteiger partial charge in [0.15, 0.2) is 11.5 Å². The Morgan fingerprint density at radius 2 is 1.15 bits per heavy atom. The molecule has 6 nitrogen and oxygen atoms in total. The summed E-state index contributed by atoms with van der Waals surface area (Å²) >= 11 is 12.0. The summed E-state index contributed by atoms with van der Waals surface area (Å²) in [4.78, 5) is 8.17. The molecule has 0 atom stereocenters. The predicted molar refractivity (Wildman–Crippen MR) is 73.5 cm³/mol. The molecular formula is C12H14Cl2N2O4. The van der Waals surface area contributed by atoms with Crippen LogP contribution in [-0.2, 0) is 9.47 Å². The topological polar surface area (TPSA) is 83.6 Å². The second-order valence-corrected chi connectivity index (χ2v) is 4.77. The van der Waals surface area contributed by atoms with Crippen LogP contribution < -0.4 is 10.7 Å². The predicted octanol–water partition coefficient (Wildman–Crippen LogP) is 0.691. The van der Waals surface area contributed by atoms with Crippen LogP contribution in [0.5, 0.6) is 11.5 Å². The quantitative estimate of drug-likeness (QED) is 0.544. The van der Waals surface area contributed by atoms with E-state index in [4.69, 9.17) is 32.7 Å². The first-order valence-electron chi connectivity index (χ1n) is 6.06. The van der Waals surface area contributed by atoms with Crippen molar-refractivity contribution in [2.75, 3.05) is 39.5 Å². The van der Waals surface area contributed by atoms with E-state index < -0.39 is 0 Å². The molecule has 0 radical (unpaired) electrons. The van der Waals surface area contributed by atoms with E-state index in [0.717, 1.165) is 0 Å². The number of aromatic hydroxyl groups is 2. The van der Waals surface area contributed by atoms with Crippen molar-refractivity contribution >= 4 is 23.2 Å². The molecule has 3 rings (SSSR count). The summed E-state index contributed by atoms with van der Waals surface area (Å²) in [5.41, 5.74) is 0. The van der Waals surface area contributed by atoms with Gasteiger partial charge >= 0.3 is 0 Å². The van der Waals surface area contributed by atoms with Crippen LogP contribution in [0.4, 0.5) is 0 Å². The average molecular weight is 321 g/mol. The molecule has 0 unspecified atom stereocenters. The molecule has 8 heteroatoms. The Labute approximate surface area is 125 Å². The van der Waals surface area contributed by atoms with Crippen LogP contribution in [0, 0.1) is 0 Å². The highest BCUT2D eigenvalue weighted by Crippen LogP contribution is 2.24. The van der Waals surface area contributed by atoms with Gasteiger partial charge in [0.05, 0.1) is 39.5 Å². The standard InChI is InChI=1S/C12H14Cl2N2O4/c13-7-9-11(17)8(14)10(12(7)18)16-2-4-20-6-5-19-3-1-15-9/h17-18H,1-6H2. The lowest BCUT2D eigenvalue weighted by molar-refractivity contribution is 0.0536. The Balaban J connectivity index is 2.56. The van der Waals surface area contributed by atoms with Crippen molar-refractivity contribution in [3.8, 4) is 11.5 Å². The van der Waals surface area contributed by atoms with Gasteiger partial charge in [-0.25, -0.2) is 0 Å². The number of halogens is 2. The molecule has 1 aromatic carbocycles. The smallest absolute Gasteiger partial charge is 0.163 e. The number of hydrogen-bond acceptors (Lipinski definition) is 6. The fourth-order valence-corrected chi connectivity index (χ4v) is 2.17.